The van der Waals surface area contributed by atoms with Gasteiger partial charge in [0.25, 0.3) is 0 Å². The number of carbonyl (C=O) groups excluding carboxylic acids is 1. The van der Waals surface area contributed by atoms with Crippen LogP contribution in [-0.2, 0) is 14.3 Å². The summed E-state index contributed by atoms with van der Waals surface area (Å²) in [6, 6.07) is 0. The summed E-state index contributed by atoms with van der Waals surface area (Å²) in [5, 5.41) is 8.56. The van der Waals surface area contributed by atoms with E-state index in [-0.39, 0.29) is 5.97 Å². The maximum absolute atomic E-state index is 10.6. The van der Waals surface area contributed by atoms with Crippen molar-refractivity contribution in [3.63, 3.8) is 0 Å². The summed E-state index contributed by atoms with van der Waals surface area (Å²) in [6.07, 6.45) is 19.0. The summed E-state index contributed by atoms with van der Waals surface area (Å²) >= 11 is 0. The number of ether oxygens (including phenoxy) is 1. The summed E-state index contributed by atoms with van der Waals surface area (Å²) < 4.78 is 4.86. The number of hydrogen-bond donors (Lipinski definition) is 1. The molecule has 4 nitrogen and oxygen atoms in total. The van der Waals surface area contributed by atoms with Crippen molar-refractivity contribution in [1.82, 2.24) is 0 Å². The van der Waals surface area contributed by atoms with Crippen LogP contribution >= 0.6 is 0 Å². The van der Waals surface area contributed by atoms with Gasteiger partial charge >= 0.3 is 11.9 Å². The van der Waals surface area contributed by atoms with E-state index in [1.165, 1.54) is 70.3 Å². The molecule has 4 heteroatoms. The van der Waals surface area contributed by atoms with Crippen LogP contribution < -0.4 is 0 Å². The second-order valence-electron chi connectivity index (χ2n) is 7.27. The smallest absolute Gasteiger partial charge is 0.330 e. The fourth-order valence-corrected chi connectivity index (χ4v) is 2.69. The molecular weight excluding hydrogens is 352 g/mol. The molecule has 0 aromatic heterocycles. The molecule has 0 aromatic carbocycles. The van der Waals surface area contributed by atoms with Crippen molar-refractivity contribution in [3.8, 4) is 0 Å². The first-order valence-electron chi connectivity index (χ1n) is 11.2. The summed E-state index contributed by atoms with van der Waals surface area (Å²) in [6.45, 7) is 11.8. The van der Waals surface area contributed by atoms with Crippen molar-refractivity contribution in [1.29, 1.82) is 0 Å². The average molecular weight is 397 g/mol. The molecule has 0 saturated carbocycles. The molecule has 0 amide bonds. The second-order valence-corrected chi connectivity index (χ2v) is 7.27. The van der Waals surface area contributed by atoms with E-state index in [0.29, 0.717) is 18.6 Å². The monoisotopic (exact) mass is 396 g/mol. The predicted molar refractivity (Wildman–Crippen MR) is 119 cm³/mol. The van der Waals surface area contributed by atoms with E-state index < -0.39 is 5.97 Å². The van der Waals surface area contributed by atoms with E-state index in [4.69, 9.17) is 9.84 Å². The molecule has 0 aliphatic heterocycles. The van der Waals surface area contributed by atoms with Crippen LogP contribution in [0.1, 0.15) is 110 Å². The van der Waals surface area contributed by atoms with Gasteiger partial charge in [-0.1, -0.05) is 104 Å². The lowest BCUT2D eigenvalue weighted by Crippen LogP contribution is -2.01. The van der Waals surface area contributed by atoms with Crippen LogP contribution in [0.3, 0.4) is 0 Å². The molecule has 0 aliphatic rings. The maximum Gasteiger partial charge on any atom is 0.330 e. The minimum absolute atomic E-state index is 0.309. The first-order valence-corrected chi connectivity index (χ1v) is 11.2. The van der Waals surface area contributed by atoms with Crippen molar-refractivity contribution in [2.45, 2.75) is 110 Å². The van der Waals surface area contributed by atoms with Crippen LogP contribution in [0.15, 0.2) is 24.8 Å². The molecule has 0 atom stereocenters. The standard InChI is InChI=1S/2C12H22O2/c1-3-4-5-6-7-8-9-10-11(2)12(13)14;1-3-5-6-7-8-9-10-11-14-12(13)4-2/h2-10H2,1H3,(H,13,14);4H,2-3,5-11H2,1H3. The van der Waals surface area contributed by atoms with Crippen molar-refractivity contribution < 1.29 is 19.4 Å². The molecular formula is C24H44O4. The molecule has 0 bridgehead atoms. The lowest BCUT2D eigenvalue weighted by molar-refractivity contribution is -0.138. The predicted octanol–water partition coefficient (Wildman–Crippen LogP) is 7.23. The third-order valence-corrected chi connectivity index (χ3v) is 4.54. The number of rotatable bonds is 18. The van der Waals surface area contributed by atoms with Gasteiger partial charge in [-0.3, -0.25) is 0 Å². The topological polar surface area (TPSA) is 63.6 Å². The molecule has 0 aliphatic carbocycles. The minimum Gasteiger partial charge on any atom is -0.478 e. The quantitative estimate of drug-likeness (QED) is 0.151. The molecule has 0 fully saturated rings. The molecule has 164 valence electrons. The Morgan fingerprint density at radius 3 is 1.64 bits per heavy atom. The second kappa shape index (κ2) is 23.5. The summed E-state index contributed by atoms with van der Waals surface area (Å²) in [7, 11) is 0. The van der Waals surface area contributed by atoms with Gasteiger partial charge in [-0.25, -0.2) is 9.59 Å². The van der Waals surface area contributed by atoms with Crippen molar-refractivity contribution in [3.05, 3.63) is 24.8 Å². The molecule has 0 spiro atoms. The molecule has 0 saturated heterocycles. The summed E-state index contributed by atoms with van der Waals surface area (Å²) in [5.74, 6) is -1.16. The fourth-order valence-electron chi connectivity index (χ4n) is 2.69. The zero-order valence-corrected chi connectivity index (χ0v) is 18.5. The van der Waals surface area contributed by atoms with Gasteiger partial charge in [-0.15, -0.1) is 0 Å². The number of unbranched alkanes of at least 4 members (excludes halogenated alkanes) is 12. The Labute approximate surface area is 173 Å². The Bertz CT molecular complexity index is 399. The highest BCUT2D eigenvalue weighted by Crippen LogP contribution is 2.11. The number of hydrogen-bond acceptors (Lipinski definition) is 3. The first-order chi connectivity index (χ1) is 13.5. The van der Waals surface area contributed by atoms with Gasteiger partial charge in [0.05, 0.1) is 6.61 Å². The van der Waals surface area contributed by atoms with Crippen LogP contribution in [0.4, 0.5) is 0 Å². The van der Waals surface area contributed by atoms with Gasteiger partial charge in [0.2, 0.25) is 0 Å². The van der Waals surface area contributed by atoms with Gasteiger partial charge in [0, 0.05) is 11.6 Å². The Morgan fingerprint density at radius 2 is 1.21 bits per heavy atom. The molecule has 0 unspecified atom stereocenters. The highest BCUT2D eigenvalue weighted by molar-refractivity contribution is 5.85. The Balaban J connectivity index is 0. The van der Waals surface area contributed by atoms with Gasteiger partial charge in [-0.05, 0) is 19.3 Å². The number of esters is 1. The van der Waals surface area contributed by atoms with Crippen LogP contribution in [0.25, 0.3) is 0 Å². The maximum atomic E-state index is 10.6. The summed E-state index contributed by atoms with van der Waals surface area (Å²) in [4.78, 5) is 21.1. The largest absolute Gasteiger partial charge is 0.478 e. The van der Waals surface area contributed by atoms with Crippen LogP contribution in [-0.4, -0.2) is 23.7 Å². The van der Waals surface area contributed by atoms with Crippen molar-refractivity contribution >= 4 is 11.9 Å². The number of carboxylic acids is 1. The minimum atomic E-state index is -0.851. The third kappa shape index (κ3) is 24.4. The van der Waals surface area contributed by atoms with Gasteiger partial charge < -0.3 is 9.84 Å². The van der Waals surface area contributed by atoms with E-state index in [1.54, 1.807) is 0 Å². The zero-order chi connectivity index (χ0) is 21.5. The Hall–Kier alpha value is -1.58. The highest BCUT2D eigenvalue weighted by atomic mass is 16.5. The highest BCUT2D eigenvalue weighted by Gasteiger charge is 2.02. The van der Waals surface area contributed by atoms with Gasteiger partial charge in [0.15, 0.2) is 0 Å². The first kappa shape index (κ1) is 28.6. The lowest BCUT2D eigenvalue weighted by Gasteiger charge is -2.01. The van der Waals surface area contributed by atoms with Gasteiger partial charge in [0.1, 0.15) is 0 Å². The lowest BCUT2D eigenvalue weighted by atomic mass is 10.1. The van der Waals surface area contributed by atoms with Crippen LogP contribution in [0, 0.1) is 0 Å². The normalized spacial score (nSPS) is 9.93. The van der Waals surface area contributed by atoms with Crippen molar-refractivity contribution in [2.75, 3.05) is 6.61 Å². The molecule has 28 heavy (non-hydrogen) atoms. The zero-order valence-electron chi connectivity index (χ0n) is 18.5. The van der Waals surface area contributed by atoms with E-state index in [2.05, 4.69) is 27.0 Å². The fraction of sp³-hybridized carbons (Fsp3) is 0.750. The number of carboxylic acid groups (broad SMARTS) is 1. The van der Waals surface area contributed by atoms with Crippen molar-refractivity contribution in [2.24, 2.45) is 0 Å². The average Bonchev–Trinajstić information content (AvgIpc) is 2.69. The Kier molecular flexibility index (Phi) is 24.0. The molecule has 0 rings (SSSR count). The van der Waals surface area contributed by atoms with E-state index in [1.807, 2.05) is 0 Å². The van der Waals surface area contributed by atoms with E-state index in [9.17, 15) is 9.59 Å². The number of aliphatic carboxylic acids is 1. The molecule has 1 N–H and O–H groups in total. The van der Waals surface area contributed by atoms with Crippen LogP contribution in [0.2, 0.25) is 0 Å². The molecule has 0 heterocycles. The molecule has 0 radical (unpaired) electrons. The third-order valence-electron chi connectivity index (χ3n) is 4.54. The Morgan fingerprint density at radius 1 is 0.786 bits per heavy atom. The number of carbonyl (C=O) groups is 2. The SMILES string of the molecule is C=C(CCCCCCCCC)C(=O)O.C=CC(=O)OCCCCCCCCC. The van der Waals surface area contributed by atoms with E-state index >= 15 is 0 Å². The summed E-state index contributed by atoms with van der Waals surface area (Å²) in [5.41, 5.74) is 0.346. The molecule has 0 aromatic rings. The van der Waals surface area contributed by atoms with E-state index in [0.717, 1.165) is 25.7 Å². The van der Waals surface area contributed by atoms with Crippen LogP contribution in [0.5, 0.6) is 0 Å². The van der Waals surface area contributed by atoms with Gasteiger partial charge in [-0.2, -0.15) is 0 Å².